The summed E-state index contributed by atoms with van der Waals surface area (Å²) in [5, 5.41) is 14.6. The van der Waals surface area contributed by atoms with Crippen LogP contribution in [0, 0.1) is 10.1 Å². The Morgan fingerprint density at radius 2 is 2.05 bits per heavy atom. The molecular weight excluding hydrogens is 258 g/mol. The van der Waals surface area contributed by atoms with Crippen molar-refractivity contribution in [2.24, 2.45) is 0 Å². The van der Waals surface area contributed by atoms with E-state index >= 15 is 0 Å². The van der Waals surface area contributed by atoms with E-state index in [1.54, 1.807) is 12.1 Å². The topological polar surface area (TPSA) is 67.6 Å². The summed E-state index contributed by atoms with van der Waals surface area (Å²) in [6, 6.07) is 5.04. The number of nitro groups is 1. The Morgan fingerprint density at radius 3 is 2.55 bits per heavy atom. The maximum atomic E-state index is 11.2. The number of piperidine rings is 1. The van der Waals surface area contributed by atoms with Gasteiger partial charge in [0.25, 0.3) is 5.69 Å². The number of methoxy groups -OCH3 is 1. The van der Waals surface area contributed by atoms with E-state index < -0.39 is 0 Å². The molecule has 0 aliphatic carbocycles. The van der Waals surface area contributed by atoms with Crippen LogP contribution >= 0.6 is 0 Å². The lowest BCUT2D eigenvalue weighted by Crippen LogP contribution is -2.50. The number of nitro benzene ring substituents is 1. The Labute approximate surface area is 118 Å². The van der Waals surface area contributed by atoms with Gasteiger partial charge >= 0.3 is 0 Å². The number of hydrogen-bond donors (Lipinski definition) is 1. The molecule has 2 rings (SSSR count). The van der Waals surface area contributed by atoms with Crippen molar-refractivity contribution in [3.63, 3.8) is 0 Å². The third-order valence-electron chi connectivity index (χ3n) is 4.19. The minimum Gasteiger partial charge on any atom is -0.496 e. The molecule has 0 saturated carbocycles. The first kappa shape index (κ1) is 14.6. The van der Waals surface area contributed by atoms with Crippen molar-refractivity contribution in [2.75, 3.05) is 32.1 Å². The first-order chi connectivity index (χ1) is 9.49. The van der Waals surface area contributed by atoms with Crippen molar-refractivity contribution >= 4 is 11.4 Å². The van der Waals surface area contributed by atoms with E-state index in [2.05, 4.69) is 17.1 Å². The van der Waals surface area contributed by atoms with Crippen LogP contribution in [0.5, 0.6) is 5.75 Å². The molecule has 1 aromatic rings. The van der Waals surface area contributed by atoms with Crippen molar-refractivity contribution in [3.05, 3.63) is 28.3 Å². The second kappa shape index (κ2) is 5.66. The van der Waals surface area contributed by atoms with E-state index in [0.717, 1.165) is 25.9 Å². The van der Waals surface area contributed by atoms with E-state index in [1.165, 1.54) is 13.2 Å². The summed E-state index contributed by atoms with van der Waals surface area (Å²) in [7, 11) is 3.48. The molecule has 20 heavy (non-hydrogen) atoms. The van der Waals surface area contributed by atoms with Gasteiger partial charge in [-0.05, 0) is 38.9 Å². The predicted molar refractivity (Wildman–Crippen MR) is 78.6 cm³/mol. The van der Waals surface area contributed by atoms with Crippen molar-refractivity contribution in [1.82, 2.24) is 5.32 Å². The van der Waals surface area contributed by atoms with Crippen LogP contribution in [0.4, 0.5) is 11.4 Å². The van der Waals surface area contributed by atoms with Gasteiger partial charge in [-0.15, -0.1) is 0 Å². The Kier molecular flexibility index (Phi) is 4.13. The van der Waals surface area contributed by atoms with Crippen LogP contribution in [0.25, 0.3) is 0 Å². The first-order valence-electron chi connectivity index (χ1n) is 6.75. The summed E-state index contributed by atoms with van der Waals surface area (Å²) < 4.78 is 5.06. The zero-order valence-electron chi connectivity index (χ0n) is 12.2. The van der Waals surface area contributed by atoms with Gasteiger partial charge in [-0.2, -0.15) is 0 Å². The molecule has 0 aromatic heterocycles. The monoisotopic (exact) mass is 279 g/mol. The van der Waals surface area contributed by atoms with Crippen LogP contribution in [0.3, 0.4) is 0 Å². The summed E-state index contributed by atoms with van der Waals surface area (Å²) in [6.45, 7) is 3.81. The van der Waals surface area contributed by atoms with E-state index in [4.69, 9.17) is 4.74 Å². The second-order valence-corrected chi connectivity index (χ2v) is 5.41. The van der Waals surface area contributed by atoms with Gasteiger partial charge in [-0.1, -0.05) is 0 Å². The normalized spacial score (nSPS) is 17.9. The molecule has 6 heteroatoms. The number of nitrogens with one attached hydrogen (secondary N) is 1. The van der Waals surface area contributed by atoms with Gasteiger partial charge in [0.05, 0.1) is 18.1 Å². The zero-order valence-corrected chi connectivity index (χ0v) is 12.2. The maximum absolute atomic E-state index is 11.2. The minimum absolute atomic E-state index is 0.109. The second-order valence-electron chi connectivity index (χ2n) is 5.41. The Morgan fingerprint density at radius 1 is 1.40 bits per heavy atom. The van der Waals surface area contributed by atoms with Crippen LogP contribution in [0.15, 0.2) is 18.2 Å². The van der Waals surface area contributed by atoms with Gasteiger partial charge in [0, 0.05) is 18.6 Å². The molecule has 6 nitrogen and oxygen atoms in total. The Hall–Kier alpha value is -1.82. The minimum atomic E-state index is -0.344. The number of benzene rings is 1. The fourth-order valence-corrected chi connectivity index (χ4v) is 2.54. The van der Waals surface area contributed by atoms with E-state index in [9.17, 15) is 10.1 Å². The highest BCUT2D eigenvalue weighted by molar-refractivity contribution is 5.65. The zero-order chi connectivity index (χ0) is 14.8. The summed E-state index contributed by atoms with van der Waals surface area (Å²) >= 11 is 0. The third-order valence-corrected chi connectivity index (χ3v) is 4.19. The van der Waals surface area contributed by atoms with Crippen molar-refractivity contribution in [3.8, 4) is 5.75 Å². The highest BCUT2D eigenvalue weighted by atomic mass is 16.6. The average molecular weight is 279 g/mol. The van der Waals surface area contributed by atoms with Crippen LogP contribution in [0.2, 0.25) is 0 Å². The van der Waals surface area contributed by atoms with Gasteiger partial charge in [0.2, 0.25) is 0 Å². The maximum Gasteiger partial charge on any atom is 0.296 e. The molecule has 1 fully saturated rings. The van der Waals surface area contributed by atoms with Crippen molar-refractivity contribution < 1.29 is 9.66 Å². The highest BCUT2D eigenvalue weighted by Crippen LogP contribution is 2.34. The molecule has 0 atom stereocenters. The number of nitrogens with zero attached hydrogens (tertiary/aromatic N) is 2. The summed E-state index contributed by atoms with van der Waals surface area (Å²) in [5.41, 5.74) is 0.906. The number of hydrogen-bond acceptors (Lipinski definition) is 5. The lowest BCUT2D eigenvalue weighted by Gasteiger charge is -2.40. The molecular formula is C14H21N3O3. The SMILES string of the molecule is CNC1(C)CCN(c2ccc(OC)cc2[N+](=O)[O-])CC1. The third kappa shape index (κ3) is 2.85. The summed E-state index contributed by atoms with van der Waals surface area (Å²) in [4.78, 5) is 13.0. The van der Waals surface area contributed by atoms with Gasteiger partial charge in [-0.25, -0.2) is 0 Å². The van der Waals surface area contributed by atoms with Crippen LogP contribution in [-0.4, -0.2) is 37.7 Å². The smallest absolute Gasteiger partial charge is 0.296 e. The number of rotatable bonds is 4. The molecule has 0 unspecified atom stereocenters. The molecule has 0 amide bonds. The van der Waals surface area contributed by atoms with Crippen molar-refractivity contribution in [2.45, 2.75) is 25.3 Å². The largest absolute Gasteiger partial charge is 0.496 e. The molecule has 1 aromatic carbocycles. The molecule has 1 aliphatic heterocycles. The molecule has 0 radical (unpaired) electrons. The summed E-state index contributed by atoms with van der Waals surface area (Å²) in [5.74, 6) is 0.512. The standard InChI is InChI=1S/C14H21N3O3/c1-14(15-2)6-8-16(9-7-14)12-5-4-11(20-3)10-13(12)17(18)19/h4-5,10,15H,6-9H2,1-3H3. The van der Waals surface area contributed by atoms with Gasteiger partial charge in [0.15, 0.2) is 0 Å². The fraction of sp³-hybridized carbons (Fsp3) is 0.571. The predicted octanol–water partition coefficient (Wildman–Crippen LogP) is 2.18. The Bertz CT molecular complexity index is 496. The van der Waals surface area contributed by atoms with Gasteiger partial charge in [0.1, 0.15) is 11.4 Å². The quantitative estimate of drug-likeness (QED) is 0.676. The fourth-order valence-electron chi connectivity index (χ4n) is 2.54. The molecule has 1 heterocycles. The lowest BCUT2D eigenvalue weighted by molar-refractivity contribution is -0.384. The number of ether oxygens (including phenoxy) is 1. The van der Waals surface area contributed by atoms with Crippen LogP contribution < -0.4 is 15.0 Å². The highest BCUT2D eigenvalue weighted by Gasteiger charge is 2.31. The first-order valence-corrected chi connectivity index (χ1v) is 6.75. The van der Waals surface area contributed by atoms with Crippen LogP contribution in [-0.2, 0) is 0 Å². The van der Waals surface area contributed by atoms with E-state index in [0.29, 0.717) is 11.4 Å². The molecule has 1 aliphatic rings. The lowest BCUT2D eigenvalue weighted by atomic mass is 9.89. The molecule has 0 spiro atoms. The average Bonchev–Trinajstić information content (AvgIpc) is 2.47. The van der Waals surface area contributed by atoms with Crippen molar-refractivity contribution in [1.29, 1.82) is 0 Å². The molecule has 0 bridgehead atoms. The van der Waals surface area contributed by atoms with Crippen LogP contribution in [0.1, 0.15) is 19.8 Å². The van der Waals surface area contributed by atoms with E-state index in [-0.39, 0.29) is 16.1 Å². The Balaban J connectivity index is 2.23. The summed E-state index contributed by atoms with van der Waals surface area (Å²) in [6.07, 6.45) is 1.93. The molecule has 110 valence electrons. The van der Waals surface area contributed by atoms with E-state index in [1.807, 2.05) is 7.05 Å². The van der Waals surface area contributed by atoms with Gasteiger partial charge in [-0.3, -0.25) is 10.1 Å². The molecule has 1 saturated heterocycles. The van der Waals surface area contributed by atoms with Gasteiger partial charge < -0.3 is 15.0 Å². The number of anilines is 1. The molecule has 1 N–H and O–H groups in total.